The third-order valence-electron chi connectivity index (χ3n) is 3.50. The van der Waals surface area contributed by atoms with Gasteiger partial charge in [-0.15, -0.1) is 0 Å². The zero-order chi connectivity index (χ0) is 17.3. The summed E-state index contributed by atoms with van der Waals surface area (Å²) in [6.07, 6.45) is -0.746. The molecule has 0 spiro atoms. The molecule has 0 aliphatic heterocycles. The number of ether oxygens (including phenoxy) is 3. The van der Waals surface area contributed by atoms with E-state index in [2.05, 4.69) is 0 Å². The first-order valence-corrected chi connectivity index (χ1v) is 7.95. The van der Waals surface area contributed by atoms with Crippen molar-refractivity contribution in [1.29, 1.82) is 0 Å². The van der Waals surface area contributed by atoms with Crippen molar-refractivity contribution < 1.29 is 19.0 Å². The number of benzene rings is 3. The average Bonchev–Trinajstić information content (AvgIpc) is 2.67. The molecule has 0 radical (unpaired) electrons. The average molecular weight is 334 g/mol. The summed E-state index contributed by atoms with van der Waals surface area (Å²) in [5, 5.41) is 0. The lowest BCUT2D eigenvalue weighted by Crippen LogP contribution is -2.11. The van der Waals surface area contributed by atoms with Crippen molar-refractivity contribution in [2.45, 2.75) is 13.2 Å². The van der Waals surface area contributed by atoms with Gasteiger partial charge in [-0.05, 0) is 23.8 Å². The lowest BCUT2D eigenvalue weighted by molar-refractivity contribution is 0.0917. The number of carbonyl (C=O) groups excluding carboxylic acids is 1. The summed E-state index contributed by atoms with van der Waals surface area (Å²) in [4.78, 5) is 11.8. The van der Waals surface area contributed by atoms with Crippen molar-refractivity contribution in [2.75, 3.05) is 0 Å². The van der Waals surface area contributed by atoms with E-state index in [1.807, 2.05) is 60.7 Å². The van der Waals surface area contributed by atoms with E-state index < -0.39 is 6.16 Å². The minimum absolute atomic E-state index is 0.0800. The van der Waals surface area contributed by atoms with Gasteiger partial charge in [-0.3, -0.25) is 0 Å². The number of carbonyl (C=O) groups is 1. The van der Waals surface area contributed by atoms with E-state index in [4.69, 9.17) is 14.2 Å². The number of rotatable bonds is 6. The summed E-state index contributed by atoms with van der Waals surface area (Å²) in [6.45, 7) is 0.531. The van der Waals surface area contributed by atoms with Gasteiger partial charge in [0, 0.05) is 5.56 Å². The molecule has 0 N–H and O–H groups in total. The Morgan fingerprint density at radius 3 is 2.12 bits per heavy atom. The molecule has 0 heterocycles. The molecule has 0 saturated heterocycles. The second-order valence-corrected chi connectivity index (χ2v) is 5.34. The number of para-hydroxylation sites is 2. The van der Waals surface area contributed by atoms with Crippen LogP contribution < -0.4 is 9.47 Å². The van der Waals surface area contributed by atoms with E-state index in [9.17, 15) is 4.79 Å². The third kappa shape index (κ3) is 5.11. The molecule has 0 bridgehead atoms. The highest BCUT2D eigenvalue weighted by molar-refractivity contribution is 5.63. The Labute approximate surface area is 146 Å². The van der Waals surface area contributed by atoms with Gasteiger partial charge in [0.1, 0.15) is 24.7 Å². The second kappa shape index (κ2) is 8.55. The summed E-state index contributed by atoms with van der Waals surface area (Å²) < 4.78 is 16.1. The van der Waals surface area contributed by atoms with E-state index in [1.54, 1.807) is 24.3 Å². The molecule has 0 aliphatic rings. The Kier molecular flexibility index (Phi) is 5.67. The molecule has 4 nitrogen and oxygen atoms in total. The van der Waals surface area contributed by atoms with Crippen molar-refractivity contribution in [3.63, 3.8) is 0 Å². The fraction of sp³-hybridized carbons (Fsp3) is 0.0952. The number of hydrogen-bond acceptors (Lipinski definition) is 4. The van der Waals surface area contributed by atoms with Crippen molar-refractivity contribution in [1.82, 2.24) is 0 Å². The van der Waals surface area contributed by atoms with Crippen LogP contribution in [0.25, 0.3) is 0 Å². The molecule has 3 rings (SSSR count). The van der Waals surface area contributed by atoms with Gasteiger partial charge in [0.25, 0.3) is 0 Å². The molecule has 0 atom stereocenters. The minimum atomic E-state index is -0.746. The highest BCUT2D eigenvalue weighted by atomic mass is 16.7. The van der Waals surface area contributed by atoms with Crippen LogP contribution in [-0.4, -0.2) is 6.16 Å². The predicted octanol–water partition coefficient (Wildman–Crippen LogP) is 4.98. The fourth-order valence-corrected chi connectivity index (χ4v) is 2.25. The van der Waals surface area contributed by atoms with Crippen molar-refractivity contribution in [3.05, 3.63) is 96.1 Å². The standard InChI is InChI=1S/C21H18O4/c22-21(25-19-12-5-2-6-13-19)24-16-18-11-7-8-14-20(18)23-15-17-9-3-1-4-10-17/h1-14H,15-16H2. The maximum Gasteiger partial charge on any atom is 0.514 e. The van der Waals surface area contributed by atoms with Gasteiger partial charge >= 0.3 is 6.16 Å². The molecule has 126 valence electrons. The first kappa shape index (κ1) is 16.6. The first-order chi connectivity index (χ1) is 12.3. The Bertz CT molecular complexity index is 800. The van der Waals surface area contributed by atoms with E-state index in [-0.39, 0.29) is 6.61 Å². The maximum absolute atomic E-state index is 11.8. The largest absolute Gasteiger partial charge is 0.514 e. The van der Waals surface area contributed by atoms with Gasteiger partial charge in [-0.1, -0.05) is 66.7 Å². The Morgan fingerprint density at radius 2 is 1.36 bits per heavy atom. The van der Waals surface area contributed by atoms with Crippen LogP contribution in [0.5, 0.6) is 11.5 Å². The Hall–Kier alpha value is -3.27. The molecule has 25 heavy (non-hydrogen) atoms. The highest BCUT2D eigenvalue weighted by Crippen LogP contribution is 2.21. The Morgan fingerprint density at radius 1 is 0.720 bits per heavy atom. The van der Waals surface area contributed by atoms with Crippen LogP contribution in [0, 0.1) is 0 Å². The monoisotopic (exact) mass is 334 g/mol. The van der Waals surface area contributed by atoms with Crippen LogP contribution >= 0.6 is 0 Å². The van der Waals surface area contributed by atoms with E-state index in [1.165, 1.54) is 0 Å². The summed E-state index contributed by atoms with van der Waals surface area (Å²) in [5.74, 6) is 1.12. The Balaban J connectivity index is 1.56. The van der Waals surface area contributed by atoms with E-state index >= 15 is 0 Å². The van der Waals surface area contributed by atoms with Crippen LogP contribution in [-0.2, 0) is 18.0 Å². The van der Waals surface area contributed by atoms with Gasteiger partial charge in [0.05, 0.1) is 0 Å². The number of hydrogen-bond donors (Lipinski definition) is 0. The smallest absolute Gasteiger partial charge is 0.488 e. The molecule has 3 aromatic rings. The summed E-state index contributed by atoms with van der Waals surface area (Å²) >= 11 is 0. The second-order valence-electron chi connectivity index (χ2n) is 5.34. The zero-order valence-electron chi connectivity index (χ0n) is 13.6. The van der Waals surface area contributed by atoms with E-state index in [0.717, 1.165) is 11.1 Å². The van der Waals surface area contributed by atoms with Crippen LogP contribution in [0.4, 0.5) is 4.79 Å². The van der Waals surface area contributed by atoms with Gasteiger partial charge < -0.3 is 14.2 Å². The summed E-state index contributed by atoms with van der Waals surface area (Å²) in [5.41, 5.74) is 1.85. The van der Waals surface area contributed by atoms with Gasteiger partial charge in [-0.25, -0.2) is 4.79 Å². The molecule has 0 aromatic heterocycles. The zero-order valence-corrected chi connectivity index (χ0v) is 13.6. The molecular formula is C21H18O4. The molecule has 0 saturated carbocycles. The quantitative estimate of drug-likeness (QED) is 0.471. The first-order valence-electron chi connectivity index (χ1n) is 7.95. The molecule has 3 aromatic carbocycles. The topological polar surface area (TPSA) is 44.8 Å². The maximum atomic E-state index is 11.8. The third-order valence-corrected chi connectivity index (χ3v) is 3.50. The normalized spacial score (nSPS) is 10.1. The van der Waals surface area contributed by atoms with Crippen LogP contribution in [0.15, 0.2) is 84.9 Å². The predicted molar refractivity (Wildman–Crippen MR) is 94.5 cm³/mol. The van der Waals surface area contributed by atoms with Crippen molar-refractivity contribution in [3.8, 4) is 11.5 Å². The lowest BCUT2D eigenvalue weighted by atomic mass is 10.2. The highest BCUT2D eigenvalue weighted by Gasteiger charge is 2.09. The van der Waals surface area contributed by atoms with Gasteiger partial charge in [0.2, 0.25) is 0 Å². The SMILES string of the molecule is O=C(OCc1ccccc1OCc1ccccc1)Oc1ccccc1. The van der Waals surface area contributed by atoms with Crippen LogP contribution in [0.1, 0.15) is 11.1 Å². The fourth-order valence-electron chi connectivity index (χ4n) is 2.25. The molecule has 0 amide bonds. The molecule has 0 unspecified atom stereocenters. The van der Waals surface area contributed by atoms with Crippen LogP contribution in [0.2, 0.25) is 0 Å². The van der Waals surface area contributed by atoms with Crippen molar-refractivity contribution >= 4 is 6.16 Å². The molecule has 0 fully saturated rings. The van der Waals surface area contributed by atoms with Gasteiger partial charge in [-0.2, -0.15) is 0 Å². The van der Waals surface area contributed by atoms with E-state index in [0.29, 0.717) is 18.1 Å². The van der Waals surface area contributed by atoms with Crippen LogP contribution in [0.3, 0.4) is 0 Å². The molecular weight excluding hydrogens is 316 g/mol. The summed E-state index contributed by atoms with van der Waals surface area (Å²) in [7, 11) is 0. The summed E-state index contributed by atoms with van der Waals surface area (Å²) in [6, 6.07) is 26.2. The minimum Gasteiger partial charge on any atom is -0.488 e. The lowest BCUT2D eigenvalue weighted by Gasteiger charge is -2.12. The molecule has 4 heteroatoms. The molecule has 0 aliphatic carbocycles. The van der Waals surface area contributed by atoms with Crippen molar-refractivity contribution in [2.24, 2.45) is 0 Å². The van der Waals surface area contributed by atoms with Gasteiger partial charge in [0.15, 0.2) is 0 Å².